The number of amides is 1. The number of benzene rings is 1. The lowest BCUT2D eigenvalue weighted by Gasteiger charge is -2.11. The van der Waals surface area contributed by atoms with E-state index >= 15 is 0 Å². The van der Waals surface area contributed by atoms with E-state index in [9.17, 15) is 9.59 Å². The SMILES string of the molecule is NC(=O)OCCNCc1cc2n[nH]c(=O)n2c2cc(-c3ccc[nH]3)ccc12. The number of aromatic nitrogens is 4. The number of carbonyl (C=O) groups is 1. The molecule has 4 rings (SSSR count). The number of nitrogens with one attached hydrogen (secondary N) is 3. The normalized spacial score (nSPS) is 11.3. The molecule has 0 saturated carbocycles. The molecule has 0 radical (unpaired) electrons. The molecule has 1 amide bonds. The number of fused-ring (bicyclic) bond motifs is 3. The van der Waals surface area contributed by atoms with Crippen LogP contribution in [0.2, 0.25) is 0 Å². The average Bonchev–Trinajstić information content (AvgIpc) is 3.31. The van der Waals surface area contributed by atoms with Gasteiger partial charge in [0.15, 0.2) is 5.65 Å². The van der Waals surface area contributed by atoms with Crippen molar-refractivity contribution >= 4 is 22.6 Å². The lowest BCUT2D eigenvalue weighted by molar-refractivity contribution is 0.157. The largest absolute Gasteiger partial charge is 0.448 e. The zero-order valence-corrected chi connectivity index (χ0v) is 14.4. The molecule has 3 heterocycles. The Hall–Kier alpha value is -3.59. The fourth-order valence-electron chi connectivity index (χ4n) is 3.13. The zero-order chi connectivity index (χ0) is 18.8. The van der Waals surface area contributed by atoms with Crippen molar-refractivity contribution in [3.8, 4) is 11.3 Å². The minimum atomic E-state index is -0.795. The third kappa shape index (κ3) is 3.27. The van der Waals surface area contributed by atoms with Crippen LogP contribution in [-0.2, 0) is 11.3 Å². The number of hydrogen-bond donors (Lipinski definition) is 4. The second-order valence-electron chi connectivity index (χ2n) is 6.05. The minimum absolute atomic E-state index is 0.189. The highest BCUT2D eigenvalue weighted by molar-refractivity contribution is 5.89. The third-order valence-corrected chi connectivity index (χ3v) is 4.33. The zero-order valence-electron chi connectivity index (χ0n) is 14.4. The van der Waals surface area contributed by atoms with Crippen molar-refractivity contribution in [2.75, 3.05) is 13.2 Å². The molecule has 0 spiro atoms. The van der Waals surface area contributed by atoms with Gasteiger partial charge < -0.3 is 20.8 Å². The maximum Gasteiger partial charge on any atom is 0.404 e. The number of rotatable bonds is 6. The first kappa shape index (κ1) is 16.9. The van der Waals surface area contributed by atoms with Crippen LogP contribution in [-0.4, -0.2) is 38.8 Å². The molecule has 0 bridgehead atoms. The molecule has 0 unspecified atom stereocenters. The summed E-state index contributed by atoms with van der Waals surface area (Å²) in [4.78, 5) is 26.0. The molecule has 138 valence electrons. The Morgan fingerprint density at radius 1 is 1.30 bits per heavy atom. The van der Waals surface area contributed by atoms with Crippen LogP contribution in [0.15, 0.2) is 47.4 Å². The molecule has 0 aliphatic rings. The van der Waals surface area contributed by atoms with Crippen molar-refractivity contribution in [2.24, 2.45) is 5.73 Å². The molecule has 4 aromatic rings. The van der Waals surface area contributed by atoms with Crippen LogP contribution in [0.25, 0.3) is 27.8 Å². The molecule has 5 N–H and O–H groups in total. The maximum absolute atomic E-state index is 12.2. The summed E-state index contributed by atoms with van der Waals surface area (Å²) in [5.41, 5.74) is 8.89. The Balaban J connectivity index is 1.73. The summed E-state index contributed by atoms with van der Waals surface area (Å²) in [6, 6.07) is 11.7. The topological polar surface area (TPSA) is 130 Å². The predicted molar refractivity (Wildman–Crippen MR) is 100 cm³/mol. The van der Waals surface area contributed by atoms with E-state index < -0.39 is 6.09 Å². The van der Waals surface area contributed by atoms with Gasteiger partial charge in [-0.1, -0.05) is 12.1 Å². The monoisotopic (exact) mass is 366 g/mol. The smallest absolute Gasteiger partial charge is 0.404 e. The molecule has 0 aliphatic carbocycles. The summed E-state index contributed by atoms with van der Waals surface area (Å²) in [5, 5.41) is 10.7. The number of ether oxygens (including phenoxy) is 1. The molecular weight excluding hydrogens is 348 g/mol. The number of nitrogens with two attached hydrogens (primary N) is 1. The van der Waals surface area contributed by atoms with Gasteiger partial charge in [-0.3, -0.25) is 0 Å². The highest BCUT2D eigenvalue weighted by Gasteiger charge is 2.12. The summed E-state index contributed by atoms with van der Waals surface area (Å²) in [7, 11) is 0. The van der Waals surface area contributed by atoms with E-state index in [0.29, 0.717) is 18.7 Å². The number of nitrogens with zero attached hydrogens (tertiary/aromatic N) is 2. The fourth-order valence-corrected chi connectivity index (χ4v) is 3.13. The highest BCUT2D eigenvalue weighted by atomic mass is 16.5. The van der Waals surface area contributed by atoms with Crippen molar-refractivity contribution in [2.45, 2.75) is 6.54 Å². The number of hydrogen-bond acceptors (Lipinski definition) is 5. The van der Waals surface area contributed by atoms with Crippen LogP contribution in [0.4, 0.5) is 4.79 Å². The van der Waals surface area contributed by atoms with Crippen molar-refractivity contribution in [3.05, 3.63) is 58.6 Å². The van der Waals surface area contributed by atoms with E-state index in [2.05, 4.69) is 20.5 Å². The summed E-state index contributed by atoms with van der Waals surface area (Å²) in [6.45, 7) is 1.18. The first-order valence-electron chi connectivity index (χ1n) is 8.43. The van der Waals surface area contributed by atoms with Gasteiger partial charge in [0.05, 0.1) is 5.52 Å². The summed E-state index contributed by atoms with van der Waals surface area (Å²) >= 11 is 0. The number of carbonyl (C=O) groups excluding carboxylic acids is 1. The van der Waals surface area contributed by atoms with Gasteiger partial charge in [0.25, 0.3) is 0 Å². The first-order chi connectivity index (χ1) is 13.1. The molecule has 0 atom stereocenters. The molecule has 0 fully saturated rings. The number of pyridine rings is 1. The highest BCUT2D eigenvalue weighted by Crippen LogP contribution is 2.26. The van der Waals surface area contributed by atoms with Gasteiger partial charge in [0.1, 0.15) is 6.61 Å². The van der Waals surface area contributed by atoms with Gasteiger partial charge in [0, 0.05) is 35.9 Å². The molecule has 9 heteroatoms. The Bertz CT molecular complexity index is 1160. The molecule has 0 aliphatic heterocycles. The maximum atomic E-state index is 12.2. The van der Waals surface area contributed by atoms with Crippen LogP contribution in [0.5, 0.6) is 0 Å². The standard InChI is InChI=1S/C18H18N6O3/c19-17(25)27-7-6-20-10-12-9-16-22-23-18(26)24(16)15-8-11(3-4-13(12)15)14-2-1-5-21-14/h1-5,8-9,20-21H,6-7,10H2,(H2,19,25)(H,23,26). The lowest BCUT2D eigenvalue weighted by atomic mass is 10.0. The minimum Gasteiger partial charge on any atom is -0.448 e. The number of aromatic amines is 2. The van der Waals surface area contributed by atoms with E-state index in [1.54, 1.807) is 4.40 Å². The van der Waals surface area contributed by atoms with Crippen LogP contribution in [0, 0.1) is 0 Å². The molecule has 0 saturated heterocycles. The van der Waals surface area contributed by atoms with Crippen LogP contribution in [0.1, 0.15) is 5.56 Å². The fraction of sp³-hybridized carbons (Fsp3) is 0.167. The molecule has 3 aromatic heterocycles. The third-order valence-electron chi connectivity index (χ3n) is 4.33. The molecule has 9 nitrogen and oxygen atoms in total. The Morgan fingerprint density at radius 2 is 2.19 bits per heavy atom. The van der Waals surface area contributed by atoms with Crippen molar-refractivity contribution in [1.29, 1.82) is 0 Å². The van der Waals surface area contributed by atoms with Crippen molar-refractivity contribution < 1.29 is 9.53 Å². The van der Waals surface area contributed by atoms with Crippen molar-refractivity contribution in [1.82, 2.24) is 24.9 Å². The van der Waals surface area contributed by atoms with Crippen LogP contribution >= 0.6 is 0 Å². The van der Waals surface area contributed by atoms with Crippen LogP contribution < -0.4 is 16.7 Å². The molecule has 1 aromatic carbocycles. The average molecular weight is 366 g/mol. The lowest BCUT2D eigenvalue weighted by Crippen LogP contribution is -2.23. The van der Waals surface area contributed by atoms with E-state index in [0.717, 1.165) is 27.7 Å². The van der Waals surface area contributed by atoms with Gasteiger partial charge in [0.2, 0.25) is 0 Å². The summed E-state index contributed by atoms with van der Waals surface area (Å²) in [6.07, 6.45) is 1.06. The van der Waals surface area contributed by atoms with E-state index in [4.69, 9.17) is 10.5 Å². The Labute approximate surface area is 153 Å². The molecular formula is C18H18N6O3. The predicted octanol–water partition coefficient (Wildman–Crippen LogP) is 1.36. The quantitative estimate of drug-likeness (QED) is 0.383. The summed E-state index contributed by atoms with van der Waals surface area (Å²) < 4.78 is 6.27. The number of primary amides is 1. The van der Waals surface area contributed by atoms with Gasteiger partial charge in [-0.2, -0.15) is 5.10 Å². The molecule has 27 heavy (non-hydrogen) atoms. The second-order valence-corrected chi connectivity index (χ2v) is 6.05. The van der Waals surface area contributed by atoms with E-state index in [-0.39, 0.29) is 12.3 Å². The van der Waals surface area contributed by atoms with Gasteiger partial charge in [-0.25, -0.2) is 19.1 Å². The van der Waals surface area contributed by atoms with Crippen molar-refractivity contribution in [3.63, 3.8) is 0 Å². The van der Waals surface area contributed by atoms with Crippen LogP contribution in [0.3, 0.4) is 0 Å². The van der Waals surface area contributed by atoms with E-state index in [1.165, 1.54) is 0 Å². The summed E-state index contributed by atoms with van der Waals surface area (Å²) in [5.74, 6) is 0. The van der Waals surface area contributed by atoms with Gasteiger partial charge >= 0.3 is 11.8 Å². The van der Waals surface area contributed by atoms with Gasteiger partial charge in [-0.15, -0.1) is 0 Å². The Kier molecular flexibility index (Phi) is 4.35. The Morgan fingerprint density at radius 3 is 2.96 bits per heavy atom. The first-order valence-corrected chi connectivity index (χ1v) is 8.43. The van der Waals surface area contributed by atoms with Gasteiger partial charge in [-0.05, 0) is 29.8 Å². The number of H-pyrrole nitrogens is 2. The second kappa shape index (κ2) is 6.96. The van der Waals surface area contributed by atoms with E-state index in [1.807, 2.05) is 42.6 Å².